The summed E-state index contributed by atoms with van der Waals surface area (Å²) in [4.78, 5) is 16.4. The van der Waals surface area contributed by atoms with Gasteiger partial charge in [0.1, 0.15) is 5.54 Å². The predicted octanol–water partition coefficient (Wildman–Crippen LogP) is 0.798. The number of aliphatic imine (C=N–C) groups is 1. The van der Waals surface area contributed by atoms with Gasteiger partial charge in [0.2, 0.25) is 0 Å². The Bertz CT molecular complexity index is 361. The standard InChI is InChI=1S/C12H21N3O2/c1-11(2,17-4)7-12(3)9(16)14-10(15-12)13-8-5-6-8/h8H,5-7H2,1-4H3,(H2,13,14,15,16). The maximum atomic E-state index is 12.0. The molecule has 1 saturated carbocycles. The highest BCUT2D eigenvalue weighted by Crippen LogP contribution is 2.27. The zero-order valence-corrected chi connectivity index (χ0v) is 11.0. The lowest BCUT2D eigenvalue weighted by molar-refractivity contribution is -0.126. The summed E-state index contributed by atoms with van der Waals surface area (Å²) >= 11 is 0. The second kappa shape index (κ2) is 3.98. The van der Waals surface area contributed by atoms with Crippen LogP contribution in [-0.2, 0) is 9.53 Å². The van der Waals surface area contributed by atoms with Gasteiger partial charge in [-0.1, -0.05) is 0 Å². The van der Waals surface area contributed by atoms with Gasteiger partial charge >= 0.3 is 0 Å². The lowest BCUT2D eigenvalue weighted by atomic mass is 9.88. The molecule has 1 aliphatic carbocycles. The van der Waals surface area contributed by atoms with Crippen LogP contribution < -0.4 is 10.6 Å². The summed E-state index contributed by atoms with van der Waals surface area (Å²) in [5.41, 5.74) is -0.971. The van der Waals surface area contributed by atoms with Crippen molar-refractivity contribution in [3.63, 3.8) is 0 Å². The molecule has 1 aliphatic heterocycles. The minimum Gasteiger partial charge on any atom is -0.379 e. The Labute approximate surface area is 102 Å². The molecule has 0 spiro atoms. The molecule has 2 N–H and O–H groups in total. The quantitative estimate of drug-likeness (QED) is 0.762. The summed E-state index contributed by atoms with van der Waals surface area (Å²) in [6.07, 6.45) is 2.86. The van der Waals surface area contributed by atoms with Crippen LogP contribution in [0.3, 0.4) is 0 Å². The van der Waals surface area contributed by atoms with Crippen LogP contribution >= 0.6 is 0 Å². The van der Waals surface area contributed by atoms with E-state index in [2.05, 4.69) is 15.6 Å². The zero-order valence-electron chi connectivity index (χ0n) is 11.0. The monoisotopic (exact) mass is 239 g/mol. The third kappa shape index (κ3) is 2.77. The number of ether oxygens (including phenoxy) is 1. The van der Waals surface area contributed by atoms with Crippen LogP contribution in [0.15, 0.2) is 4.99 Å². The van der Waals surface area contributed by atoms with Crippen LogP contribution in [0.25, 0.3) is 0 Å². The maximum Gasteiger partial charge on any atom is 0.252 e. The van der Waals surface area contributed by atoms with E-state index in [1.807, 2.05) is 20.8 Å². The largest absolute Gasteiger partial charge is 0.379 e. The minimum absolute atomic E-state index is 0.0259. The van der Waals surface area contributed by atoms with Gasteiger partial charge in [0.15, 0.2) is 5.96 Å². The molecule has 0 bridgehead atoms. The summed E-state index contributed by atoms with van der Waals surface area (Å²) in [6, 6.07) is 0.399. The van der Waals surface area contributed by atoms with E-state index in [9.17, 15) is 4.79 Å². The molecule has 0 aromatic heterocycles. The van der Waals surface area contributed by atoms with Crippen LogP contribution in [0.4, 0.5) is 0 Å². The predicted molar refractivity (Wildman–Crippen MR) is 65.8 cm³/mol. The van der Waals surface area contributed by atoms with E-state index >= 15 is 0 Å². The highest BCUT2D eigenvalue weighted by Gasteiger charge is 2.45. The zero-order chi connectivity index (χ0) is 12.7. The number of rotatable bonds is 4. The first kappa shape index (κ1) is 12.4. The lowest BCUT2D eigenvalue weighted by Gasteiger charge is -2.31. The molecule has 0 radical (unpaired) electrons. The molecular formula is C12H21N3O2. The molecule has 0 aromatic rings. The summed E-state index contributed by atoms with van der Waals surface area (Å²) in [7, 11) is 1.66. The second-order valence-electron chi connectivity index (χ2n) is 5.76. The number of nitrogens with zero attached hydrogens (tertiary/aromatic N) is 1. The molecule has 1 atom stereocenters. The number of hydrogen-bond donors (Lipinski definition) is 2. The first-order chi connectivity index (χ1) is 7.85. The Kier molecular flexibility index (Phi) is 2.89. The lowest BCUT2D eigenvalue weighted by Crippen LogP contribution is -2.49. The highest BCUT2D eigenvalue weighted by atomic mass is 16.5. The van der Waals surface area contributed by atoms with Gasteiger partial charge in [0.25, 0.3) is 5.91 Å². The van der Waals surface area contributed by atoms with Gasteiger partial charge in [-0.15, -0.1) is 0 Å². The SMILES string of the molecule is COC(C)(C)CC1(C)NC(=NC2CC2)NC1=O. The number of carbonyl (C=O) groups is 1. The third-order valence-corrected chi connectivity index (χ3v) is 3.32. The van der Waals surface area contributed by atoms with Gasteiger partial charge in [-0.2, -0.15) is 0 Å². The Morgan fingerprint density at radius 3 is 2.71 bits per heavy atom. The Balaban J connectivity index is 2.07. The normalized spacial score (nSPS) is 31.5. The summed E-state index contributed by atoms with van der Waals surface area (Å²) in [6.45, 7) is 5.84. The van der Waals surface area contributed by atoms with Crippen molar-refractivity contribution in [1.29, 1.82) is 0 Å². The average molecular weight is 239 g/mol. The molecule has 5 nitrogen and oxygen atoms in total. The van der Waals surface area contributed by atoms with Crippen molar-refractivity contribution in [2.45, 2.75) is 57.2 Å². The maximum absolute atomic E-state index is 12.0. The minimum atomic E-state index is -0.632. The smallest absolute Gasteiger partial charge is 0.252 e. The van der Waals surface area contributed by atoms with Crippen LogP contribution in [0.2, 0.25) is 0 Å². The fraction of sp³-hybridized carbons (Fsp3) is 0.833. The fourth-order valence-corrected chi connectivity index (χ4v) is 2.09. The number of guanidine groups is 1. The van der Waals surface area contributed by atoms with Crippen LogP contribution in [-0.4, -0.2) is 36.2 Å². The molecule has 0 aromatic carbocycles. The number of nitrogens with one attached hydrogen (secondary N) is 2. The van der Waals surface area contributed by atoms with Gasteiger partial charge in [-0.05, 0) is 33.6 Å². The molecule has 2 rings (SSSR count). The van der Waals surface area contributed by atoms with Crippen molar-refractivity contribution < 1.29 is 9.53 Å². The van der Waals surface area contributed by atoms with E-state index in [1.54, 1.807) is 7.11 Å². The Morgan fingerprint density at radius 1 is 1.53 bits per heavy atom. The topological polar surface area (TPSA) is 62.7 Å². The molecular weight excluding hydrogens is 218 g/mol. The molecule has 2 aliphatic rings. The van der Waals surface area contributed by atoms with Crippen molar-refractivity contribution in [2.75, 3.05) is 7.11 Å². The molecule has 1 unspecified atom stereocenters. The Morgan fingerprint density at radius 2 is 2.18 bits per heavy atom. The molecule has 2 fully saturated rings. The van der Waals surface area contributed by atoms with Gasteiger partial charge in [-0.3, -0.25) is 10.1 Å². The van der Waals surface area contributed by atoms with E-state index in [-0.39, 0.29) is 11.5 Å². The van der Waals surface area contributed by atoms with E-state index in [0.717, 1.165) is 12.8 Å². The van der Waals surface area contributed by atoms with Crippen molar-refractivity contribution >= 4 is 11.9 Å². The van der Waals surface area contributed by atoms with Gasteiger partial charge < -0.3 is 10.1 Å². The molecule has 17 heavy (non-hydrogen) atoms. The first-order valence-electron chi connectivity index (χ1n) is 6.07. The summed E-state index contributed by atoms with van der Waals surface area (Å²) in [5.74, 6) is 0.592. The van der Waals surface area contributed by atoms with Crippen molar-refractivity contribution in [3.8, 4) is 0 Å². The number of amides is 1. The highest BCUT2D eigenvalue weighted by molar-refractivity contribution is 6.08. The van der Waals surface area contributed by atoms with Crippen molar-refractivity contribution in [2.24, 2.45) is 4.99 Å². The van der Waals surface area contributed by atoms with E-state index in [0.29, 0.717) is 18.4 Å². The third-order valence-electron chi connectivity index (χ3n) is 3.32. The van der Waals surface area contributed by atoms with E-state index in [4.69, 9.17) is 4.74 Å². The van der Waals surface area contributed by atoms with Crippen LogP contribution in [0.5, 0.6) is 0 Å². The van der Waals surface area contributed by atoms with Gasteiger partial charge in [0, 0.05) is 13.5 Å². The van der Waals surface area contributed by atoms with Gasteiger partial charge in [-0.25, -0.2) is 4.99 Å². The van der Waals surface area contributed by atoms with E-state index < -0.39 is 5.54 Å². The van der Waals surface area contributed by atoms with Crippen molar-refractivity contribution in [1.82, 2.24) is 10.6 Å². The molecule has 5 heteroatoms. The second-order valence-corrected chi connectivity index (χ2v) is 5.76. The first-order valence-corrected chi connectivity index (χ1v) is 6.07. The molecule has 96 valence electrons. The molecule has 1 heterocycles. The number of methoxy groups -OCH3 is 1. The van der Waals surface area contributed by atoms with Gasteiger partial charge in [0.05, 0.1) is 11.6 Å². The average Bonchev–Trinajstić information content (AvgIpc) is 2.95. The Hall–Kier alpha value is -1.10. The molecule has 1 saturated heterocycles. The molecule has 1 amide bonds. The summed E-state index contributed by atoms with van der Waals surface area (Å²) < 4.78 is 5.38. The number of carbonyl (C=O) groups excluding carboxylic acids is 1. The summed E-state index contributed by atoms with van der Waals surface area (Å²) in [5, 5.41) is 6.00. The van der Waals surface area contributed by atoms with Crippen LogP contribution in [0.1, 0.15) is 40.0 Å². The fourth-order valence-electron chi connectivity index (χ4n) is 2.09. The van der Waals surface area contributed by atoms with Crippen molar-refractivity contribution in [3.05, 3.63) is 0 Å². The van der Waals surface area contributed by atoms with E-state index in [1.165, 1.54) is 0 Å². The van der Waals surface area contributed by atoms with Crippen LogP contribution in [0, 0.1) is 0 Å². The number of hydrogen-bond acceptors (Lipinski definition) is 3.